The number of rotatable bonds is 2. The van der Waals surface area contributed by atoms with Gasteiger partial charge in [0.1, 0.15) is 0 Å². The van der Waals surface area contributed by atoms with Crippen molar-refractivity contribution in [2.45, 2.75) is 13.3 Å². The van der Waals surface area contributed by atoms with Gasteiger partial charge in [0.2, 0.25) is 0 Å². The molecule has 86 valence electrons. The standard InChI is InChI=1S/C13H11ClN2S/c1-2-11-12(9-3-5-10(14)6-4-9)15-13-16(11)7-8-17-13/h3-8H,2H2,1H3. The topological polar surface area (TPSA) is 17.3 Å². The highest BCUT2D eigenvalue weighted by molar-refractivity contribution is 7.15. The average molecular weight is 263 g/mol. The van der Waals surface area contributed by atoms with E-state index in [2.05, 4.69) is 27.9 Å². The SMILES string of the molecule is CCc1c(-c2ccc(Cl)cc2)nc2sccn12. The van der Waals surface area contributed by atoms with Gasteiger partial charge in [-0.2, -0.15) is 0 Å². The summed E-state index contributed by atoms with van der Waals surface area (Å²) in [7, 11) is 0. The zero-order valence-corrected chi connectivity index (χ0v) is 10.9. The molecule has 0 saturated carbocycles. The maximum absolute atomic E-state index is 5.91. The van der Waals surface area contributed by atoms with Gasteiger partial charge in [-0.1, -0.05) is 30.7 Å². The number of aromatic nitrogens is 2. The lowest BCUT2D eigenvalue weighted by atomic mass is 10.1. The predicted molar refractivity (Wildman–Crippen MR) is 72.9 cm³/mol. The maximum Gasteiger partial charge on any atom is 0.194 e. The van der Waals surface area contributed by atoms with Crippen LogP contribution in [-0.4, -0.2) is 9.38 Å². The molecule has 1 aromatic carbocycles. The van der Waals surface area contributed by atoms with Crippen molar-refractivity contribution in [3.8, 4) is 11.3 Å². The minimum atomic E-state index is 0.757. The molecule has 0 aliphatic rings. The smallest absolute Gasteiger partial charge is 0.194 e. The highest BCUT2D eigenvalue weighted by Gasteiger charge is 2.12. The van der Waals surface area contributed by atoms with Crippen LogP contribution >= 0.6 is 22.9 Å². The fraction of sp³-hybridized carbons (Fsp3) is 0.154. The third-order valence-electron chi connectivity index (χ3n) is 2.81. The first-order chi connectivity index (χ1) is 8.29. The molecule has 0 bridgehead atoms. The van der Waals surface area contributed by atoms with E-state index in [0.29, 0.717) is 0 Å². The minimum Gasteiger partial charge on any atom is -0.294 e. The van der Waals surface area contributed by atoms with E-state index < -0.39 is 0 Å². The molecular weight excluding hydrogens is 252 g/mol. The van der Waals surface area contributed by atoms with Crippen LogP contribution < -0.4 is 0 Å². The van der Waals surface area contributed by atoms with E-state index in [4.69, 9.17) is 11.6 Å². The summed E-state index contributed by atoms with van der Waals surface area (Å²) in [4.78, 5) is 5.73. The Hall–Kier alpha value is -1.32. The number of halogens is 1. The van der Waals surface area contributed by atoms with Crippen molar-refractivity contribution < 1.29 is 0 Å². The van der Waals surface area contributed by atoms with Crippen LogP contribution in [0.15, 0.2) is 35.8 Å². The number of aryl methyl sites for hydroxylation is 1. The van der Waals surface area contributed by atoms with Crippen LogP contribution in [0, 0.1) is 0 Å². The number of nitrogens with zero attached hydrogens (tertiary/aromatic N) is 2. The zero-order valence-electron chi connectivity index (χ0n) is 9.35. The van der Waals surface area contributed by atoms with Crippen LogP contribution in [0.4, 0.5) is 0 Å². The van der Waals surface area contributed by atoms with E-state index in [1.54, 1.807) is 11.3 Å². The van der Waals surface area contributed by atoms with Crippen LogP contribution in [0.3, 0.4) is 0 Å². The summed E-state index contributed by atoms with van der Waals surface area (Å²) >= 11 is 7.57. The number of fused-ring (bicyclic) bond motifs is 1. The molecule has 0 saturated heterocycles. The Morgan fingerprint density at radius 2 is 2.06 bits per heavy atom. The second-order valence-corrected chi connectivity index (χ2v) is 5.13. The van der Waals surface area contributed by atoms with Crippen LogP contribution in [0.2, 0.25) is 5.02 Å². The Bertz CT molecular complexity index is 652. The van der Waals surface area contributed by atoms with Gasteiger partial charge >= 0.3 is 0 Å². The number of hydrogen-bond acceptors (Lipinski definition) is 2. The molecule has 0 unspecified atom stereocenters. The zero-order chi connectivity index (χ0) is 11.8. The Balaban J connectivity index is 2.22. The first-order valence-corrected chi connectivity index (χ1v) is 6.75. The summed E-state index contributed by atoms with van der Waals surface area (Å²) in [6.07, 6.45) is 3.04. The third kappa shape index (κ3) is 1.75. The molecule has 2 aromatic heterocycles. The molecule has 0 aliphatic carbocycles. The lowest BCUT2D eigenvalue weighted by Gasteiger charge is -2.01. The fourth-order valence-corrected chi connectivity index (χ4v) is 2.87. The summed E-state index contributed by atoms with van der Waals surface area (Å²) in [5, 5.41) is 2.82. The van der Waals surface area contributed by atoms with Gasteiger partial charge in [-0.05, 0) is 18.6 Å². The fourth-order valence-electron chi connectivity index (χ4n) is 2.01. The van der Waals surface area contributed by atoms with Gasteiger partial charge in [-0.3, -0.25) is 4.40 Å². The van der Waals surface area contributed by atoms with Crippen LogP contribution in [0.25, 0.3) is 16.2 Å². The number of hydrogen-bond donors (Lipinski definition) is 0. The Morgan fingerprint density at radius 1 is 1.29 bits per heavy atom. The van der Waals surface area contributed by atoms with Gasteiger partial charge in [0, 0.05) is 22.2 Å². The Kier molecular flexibility index (Phi) is 2.65. The number of imidazole rings is 1. The van der Waals surface area contributed by atoms with E-state index in [9.17, 15) is 0 Å². The van der Waals surface area contributed by atoms with E-state index in [0.717, 1.165) is 27.7 Å². The largest absolute Gasteiger partial charge is 0.294 e. The molecule has 0 aliphatic heterocycles. The molecule has 2 heterocycles. The predicted octanol–water partition coefficient (Wildman–Crippen LogP) is 4.28. The summed E-state index contributed by atoms with van der Waals surface area (Å²) in [6.45, 7) is 2.15. The van der Waals surface area contributed by atoms with Crippen molar-refractivity contribution in [1.82, 2.24) is 9.38 Å². The van der Waals surface area contributed by atoms with E-state index >= 15 is 0 Å². The number of benzene rings is 1. The minimum absolute atomic E-state index is 0.757. The molecule has 3 aromatic rings. The van der Waals surface area contributed by atoms with E-state index in [-0.39, 0.29) is 0 Å². The first-order valence-electron chi connectivity index (χ1n) is 5.50. The van der Waals surface area contributed by atoms with Crippen molar-refractivity contribution in [2.24, 2.45) is 0 Å². The molecular formula is C13H11ClN2S. The van der Waals surface area contributed by atoms with Crippen LogP contribution in [0.1, 0.15) is 12.6 Å². The summed E-state index contributed by atoms with van der Waals surface area (Å²) in [5.41, 5.74) is 3.45. The molecule has 0 atom stereocenters. The molecule has 4 heteroatoms. The number of thiazole rings is 1. The van der Waals surface area contributed by atoms with Gasteiger partial charge in [0.15, 0.2) is 4.96 Å². The van der Waals surface area contributed by atoms with Gasteiger partial charge in [-0.15, -0.1) is 11.3 Å². The van der Waals surface area contributed by atoms with Gasteiger partial charge in [-0.25, -0.2) is 4.98 Å². The van der Waals surface area contributed by atoms with Crippen molar-refractivity contribution in [1.29, 1.82) is 0 Å². The Morgan fingerprint density at radius 3 is 2.76 bits per heavy atom. The van der Waals surface area contributed by atoms with Gasteiger partial charge in [0.25, 0.3) is 0 Å². The van der Waals surface area contributed by atoms with E-state index in [1.165, 1.54) is 5.69 Å². The monoisotopic (exact) mass is 262 g/mol. The quantitative estimate of drug-likeness (QED) is 0.674. The van der Waals surface area contributed by atoms with E-state index in [1.807, 2.05) is 24.3 Å². The summed E-state index contributed by atoms with van der Waals surface area (Å²) in [5.74, 6) is 0. The molecule has 0 fully saturated rings. The van der Waals surface area contributed by atoms with Crippen molar-refractivity contribution in [3.63, 3.8) is 0 Å². The average Bonchev–Trinajstić information content (AvgIpc) is 2.89. The van der Waals surface area contributed by atoms with Crippen LogP contribution in [0.5, 0.6) is 0 Å². The molecule has 3 rings (SSSR count). The highest BCUT2D eigenvalue weighted by atomic mass is 35.5. The molecule has 2 nitrogen and oxygen atoms in total. The lowest BCUT2D eigenvalue weighted by molar-refractivity contribution is 1.01. The third-order valence-corrected chi connectivity index (χ3v) is 3.82. The van der Waals surface area contributed by atoms with Gasteiger partial charge in [0.05, 0.1) is 11.4 Å². The molecule has 17 heavy (non-hydrogen) atoms. The second kappa shape index (κ2) is 4.17. The molecule has 0 N–H and O–H groups in total. The van der Waals surface area contributed by atoms with Crippen molar-refractivity contribution >= 4 is 27.9 Å². The summed E-state index contributed by atoms with van der Waals surface area (Å²) < 4.78 is 2.16. The molecule has 0 amide bonds. The maximum atomic E-state index is 5.91. The first kappa shape index (κ1) is 10.8. The second-order valence-electron chi connectivity index (χ2n) is 3.82. The molecule has 0 radical (unpaired) electrons. The Labute approximate surface area is 108 Å². The van der Waals surface area contributed by atoms with Gasteiger partial charge < -0.3 is 0 Å². The van der Waals surface area contributed by atoms with Crippen LogP contribution in [-0.2, 0) is 6.42 Å². The molecule has 0 spiro atoms. The van der Waals surface area contributed by atoms with Crippen molar-refractivity contribution in [3.05, 3.63) is 46.6 Å². The lowest BCUT2D eigenvalue weighted by Crippen LogP contribution is -1.89. The summed E-state index contributed by atoms with van der Waals surface area (Å²) in [6, 6.07) is 7.86. The highest BCUT2D eigenvalue weighted by Crippen LogP contribution is 2.27. The normalized spacial score (nSPS) is 11.2. The van der Waals surface area contributed by atoms with Crippen molar-refractivity contribution in [2.75, 3.05) is 0 Å².